The molecular formula is C12H11Cl2NO5. The molecule has 1 rings (SSSR count). The molecule has 0 heterocycles. The Morgan fingerprint density at radius 3 is 2.60 bits per heavy atom. The summed E-state index contributed by atoms with van der Waals surface area (Å²) in [4.78, 5) is 20.7. The fourth-order valence-corrected chi connectivity index (χ4v) is 1.81. The van der Waals surface area contributed by atoms with Gasteiger partial charge in [0, 0.05) is 18.1 Å². The summed E-state index contributed by atoms with van der Waals surface area (Å²) in [6.45, 7) is 1.09. The summed E-state index contributed by atoms with van der Waals surface area (Å²) >= 11 is 11.9. The lowest BCUT2D eigenvalue weighted by Gasteiger charge is -2.08. The average molecular weight is 320 g/mol. The fraction of sp³-hybridized carbons (Fsp3) is 0.250. The lowest BCUT2D eigenvalue weighted by Crippen LogP contribution is -2.09. The Balaban J connectivity index is 3.11. The number of halogens is 2. The maximum Gasteiger partial charge on any atom is 0.341 e. The van der Waals surface area contributed by atoms with Crippen LogP contribution in [0.4, 0.5) is 0 Å². The van der Waals surface area contributed by atoms with Gasteiger partial charge in [0.05, 0.1) is 9.95 Å². The molecule has 1 aromatic rings. The Labute approximate surface area is 124 Å². The Morgan fingerprint density at radius 2 is 2.10 bits per heavy atom. The number of aliphatic carboxylic acids is 1. The number of allylic oxidation sites excluding steroid dienone is 1. The zero-order valence-electron chi connectivity index (χ0n) is 10.4. The van der Waals surface area contributed by atoms with Crippen molar-refractivity contribution in [3.8, 4) is 5.75 Å². The zero-order valence-corrected chi connectivity index (χ0v) is 11.9. The van der Waals surface area contributed by atoms with E-state index in [4.69, 9.17) is 33.0 Å². The first-order chi connectivity index (χ1) is 9.36. The van der Waals surface area contributed by atoms with Gasteiger partial charge in [-0.2, -0.15) is 0 Å². The van der Waals surface area contributed by atoms with Gasteiger partial charge in [0.15, 0.2) is 6.61 Å². The molecule has 0 spiro atoms. The van der Waals surface area contributed by atoms with Crippen LogP contribution in [0.15, 0.2) is 17.8 Å². The first-order valence-corrected chi connectivity index (χ1v) is 6.30. The molecular weight excluding hydrogens is 309 g/mol. The van der Waals surface area contributed by atoms with Crippen molar-refractivity contribution in [3.63, 3.8) is 0 Å². The van der Waals surface area contributed by atoms with E-state index in [2.05, 4.69) is 0 Å². The smallest absolute Gasteiger partial charge is 0.341 e. The second-order valence-electron chi connectivity index (χ2n) is 3.71. The molecule has 0 saturated heterocycles. The maximum absolute atomic E-state index is 10.7. The molecule has 1 N–H and O–H groups in total. The Morgan fingerprint density at radius 1 is 1.45 bits per heavy atom. The highest BCUT2D eigenvalue weighted by molar-refractivity contribution is 6.43. The van der Waals surface area contributed by atoms with Crippen molar-refractivity contribution in [3.05, 3.63) is 43.6 Å². The molecule has 0 unspecified atom stereocenters. The van der Waals surface area contributed by atoms with E-state index in [1.165, 1.54) is 18.2 Å². The summed E-state index contributed by atoms with van der Waals surface area (Å²) in [7, 11) is 0. The summed E-state index contributed by atoms with van der Waals surface area (Å²) in [6, 6.07) is 2.89. The Hall–Kier alpha value is -1.79. The van der Waals surface area contributed by atoms with Crippen LogP contribution in [0.1, 0.15) is 18.9 Å². The first-order valence-electron chi connectivity index (χ1n) is 5.54. The van der Waals surface area contributed by atoms with Gasteiger partial charge in [-0.05, 0) is 12.1 Å². The normalized spacial score (nSPS) is 11.2. The summed E-state index contributed by atoms with van der Waals surface area (Å²) in [5, 5.41) is 19.3. The van der Waals surface area contributed by atoms with Gasteiger partial charge in [-0.3, -0.25) is 10.1 Å². The van der Waals surface area contributed by atoms with Crippen molar-refractivity contribution < 1.29 is 19.6 Å². The molecule has 1 aromatic carbocycles. The Bertz CT molecular complexity index is 571. The topological polar surface area (TPSA) is 89.7 Å². The van der Waals surface area contributed by atoms with E-state index in [0.717, 1.165) is 0 Å². The fourth-order valence-electron chi connectivity index (χ4n) is 1.37. The third-order valence-corrected chi connectivity index (χ3v) is 3.23. The summed E-state index contributed by atoms with van der Waals surface area (Å²) in [6.07, 6.45) is 1.55. The molecule has 6 nitrogen and oxygen atoms in total. The van der Waals surface area contributed by atoms with Gasteiger partial charge in [-0.25, -0.2) is 4.79 Å². The second kappa shape index (κ2) is 7.12. The van der Waals surface area contributed by atoms with Gasteiger partial charge in [-0.15, -0.1) is 0 Å². The lowest BCUT2D eigenvalue weighted by molar-refractivity contribution is -0.425. The van der Waals surface area contributed by atoms with Crippen LogP contribution in [0.2, 0.25) is 10.0 Å². The molecule has 20 heavy (non-hydrogen) atoms. The second-order valence-corrected chi connectivity index (χ2v) is 4.47. The average Bonchev–Trinajstić information content (AvgIpc) is 2.38. The number of carboxylic acid groups (broad SMARTS) is 1. The molecule has 0 saturated carbocycles. The van der Waals surface area contributed by atoms with E-state index < -0.39 is 17.5 Å². The molecule has 0 aliphatic carbocycles. The predicted molar refractivity (Wildman–Crippen MR) is 74.9 cm³/mol. The highest BCUT2D eigenvalue weighted by Gasteiger charge is 2.14. The zero-order chi connectivity index (χ0) is 15.3. The van der Waals surface area contributed by atoms with Crippen LogP contribution < -0.4 is 4.74 Å². The van der Waals surface area contributed by atoms with Crippen molar-refractivity contribution in [1.29, 1.82) is 0 Å². The van der Waals surface area contributed by atoms with Gasteiger partial charge in [0.1, 0.15) is 10.8 Å². The van der Waals surface area contributed by atoms with E-state index in [0.29, 0.717) is 5.56 Å². The van der Waals surface area contributed by atoms with E-state index >= 15 is 0 Å². The van der Waals surface area contributed by atoms with Gasteiger partial charge in [0.2, 0.25) is 5.70 Å². The van der Waals surface area contributed by atoms with Gasteiger partial charge >= 0.3 is 5.97 Å². The SMILES string of the molecule is CC/C(=C\c1ccc(OCC(=O)O)c(Cl)c1Cl)[N+](=O)[O-]. The molecule has 0 fully saturated rings. The van der Waals surface area contributed by atoms with Crippen LogP contribution in [-0.2, 0) is 4.79 Å². The number of benzene rings is 1. The first kappa shape index (κ1) is 16.3. The van der Waals surface area contributed by atoms with Crippen LogP contribution in [0.5, 0.6) is 5.75 Å². The van der Waals surface area contributed by atoms with Crippen molar-refractivity contribution in [2.24, 2.45) is 0 Å². The number of hydrogen-bond donors (Lipinski definition) is 1. The summed E-state index contributed by atoms with van der Waals surface area (Å²) in [5.74, 6) is -1.04. The monoisotopic (exact) mass is 319 g/mol. The lowest BCUT2D eigenvalue weighted by atomic mass is 10.1. The molecule has 0 aromatic heterocycles. The maximum atomic E-state index is 10.7. The van der Waals surface area contributed by atoms with Crippen molar-refractivity contribution in [1.82, 2.24) is 0 Å². The van der Waals surface area contributed by atoms with E-state index in [1.807, 2.05) is 0 Å². The minimum atomic E-state index is -1.15. The number of nitro groups is 1. The highest BCUT2D eigenvalue weighted by atomic mass is 35.5. The number of carbonyl (C=O) groups is 1. The van der Waals surface area contributed by atoms with Crippen molar-refractivity contribution in [2.75, 3.05) is 6.61 Å². The molecule has 0 atom stereocenters. The van der Waals surface area contributed by atoms with E-state index in [1.54, 1.807) is 6.92 Å². The molecule has 0 radical (unpaired) electrons. The minimum absolute atomic E-state index is 0.0119. The predicted octanol–water partition coefficient (Wildman–Crippen LogP) is 3.48. The number of ether oxygens (including phenoxy) is 1. The van der Waals surface area contributed by atoms with Crippen LogP contribution in [0.3, 0.4) is 0 Å². The van der Waals surface area contributed by atoms with Gasteiger partial charge in [-0.1, -0.05) is 30.1 Å². The van der Waals surface area contributed by atoms with Crippen LogP contribution in [0.25, 0.3) is 6.08 Å². The molecule has 108 valence electrons. The molecule has 0 amide bonds. The largest absolute Gasteiger partial charge is 0.480 e. The summed E-state index contributed by atoms with van der Waals surface area (Å²) in [5.41, 5.74) is 0.357. The van der Waals surface area contributed by atoms with Gasteiger partial charge < -0.3 is 9.84 Å². The van der Waals surface area contributed by atoms with Crippen LogP contribution in [0, 0.1) is 10.1 Å². The standard InChI is InChI=1S/C12H11Cl2NO5/c1-2-8(15(18)19)5-7-3-4-9(12(14)11(7)13)20-6-10(16)17/h3-5H,2,6H2,1H3,(H,16,17)/b8-5+. The quantitative estimate of drug-likeness (QED) is 0.640. The van der Waals surface area contributed by atoms with E-state index in [9.17, 15) is 14.9 Å². The number of rotatable bonds is 6. The minimum Gasteiger partial charge on any atom is -0.480 e. The third kappa shape index (κ3) is 4.11. The Kier molecular flexibility index (Phi) is 5.79. The summed E-state index contributed by atoms with van der Waals surface area (Å²) < 4.78 is 4.94. The van der Waals surface area contributed by atoms with Crippen molar-refractivity contribution in [2.45, 2.75) is 13.3 Å². The van der Waals surface area contributed by atoms with Gasteiger partial charge in [0.25, 0.3) is 0 Å². The van der Waals surface area contributed by atoms with Crippen LogP contribution in [-0.4, -0.2) is 22.6 Å². The highest BCUT2D eigenvalue weighted by Crippen LogP contribution is 2.35. The molecule has 8 heteroatoms. The van der Waals surface area contributed by atoms with Crippen LogP contribution >= 0.6 is 23.2 Å². The third-order valence-electron chi connectivity index (χ3n) is 2.35. The molecule has 0 aliphatic heterocycles. The molecule has 0 aliphatic rings. The van der Waals surface area contributed by atoms with E-state index in [-0.39, 0.29) is 27.9 Å². The molecule has 0 bridgehead atoms. The van der Waals surface area contributed by atoms with Crippen molar-refractivity contribution >= 4 is 35.2 Å². The number of carboxylic acids is 1. The number of nitrogens with zero attached hydrogens (tertiary/aromatic N) is 1. The number of hydrogen-bond acceptors (Lipinski definition) is 4.